The van der Waals surface area contributed by atoms with Crippen LogP contribution >= 0.6 is 0 Å². The lowest BCUT2D eigenvalue weighted by atomic mass is 10.0. The number of nitrogens with zero attached hydrogens (tertiary/aromatic N) is 1. The number of carbonyl (C=O) groups excluding carboxylic acids is 1. The molecule has 31 heavy (non-hydrogen) atoms. The SMILES string of the molecule is O=C(CCCOc1cc(=O)oc2ccccc12)NC1CCN(Cc2ccccc2)CC1. The molecule has 0 atom stereocenters. The smallest absolute Gasteiger partial charge is 0.339 e. The Morgan fingerprint density at radius 3 is 2.61 bits per heavy atom. The van der Waals surface area contributed by atoms with Gasteiger partial charge >= 0.3 is 5.63 Å². The number of fused-ring (bicyclic) bond motifs is 1. The van der Waals surface area contributed by atoms with Crippen molar-refractivity contribution in [2.75, 3.05) is 19.7 Å². The molecule has 6 nitrogen and oxygen atoms in total. The van der Waals surface area contributed by atoms with Crippen molar-refractivity contribution < 1.29 is 13.9 Å². The molecular weight excluding hydrogens is 392 g/mol. The Kier molecular flexibility index (Phi) is 6.99. The van der Waals surface area contributed by atoms with Crippen LogP contribution in [-0.2, 0) is 11.3 Å². The Morgan fingerprint density at radius 2 is 1.81 bits per heavy atom. The monoisotopic (exact) mass is 420 g/mol. The average Bonchev–Trinajstić information content (AvgIpc) is 2.78. The Hall–Kier alpha value is -3.12. The first-order valence-electron chi connectivity index (χ1n) is 10.9. The fraction of sp³-hybridized carbons (Fsp3) is 0.360. The first kappa shape index (κ1) is 21.1. The van der Waals surface area contributed by atoms with Gasteiger partial charge in [-0.2, -0.15) is 0 Å². The fourth-order valence-corrected chi connectivity index (χ4v) is 3.99. The minimum atomic E-state index is -0.440. The topological polar surface area (TPSA) is 71.8 Å². The van der Waals surface area contributed by atoms with E-state index in [1.807, 2.05) is 24.3 Å². The molecule has 6 heteroatoms. The summed E-state index contributed by atoms with van der Waals surface area (Å²) in [5.41, 5.74) is 1.39. The second-order valence-corrected chi connectivity index (χ2v) is 7.98. The molecule has 4 rings (SSSR count). The third-order valence-corrected chi connectivity index (χ3v) is 5.62. The van der Waals surface area contributed by atoms with Gasteiger partial charge in [-0.1, -0.05) is 42.5 Å². The molecule has 0 aliphatic carbocycles. The summed E-state index contributed by atoms with van der Waals surface area (Å²) in [6, 6.07) is 19.3. The molecule has 2 aromatic carbocycles. The summed E-state index contributed by atoms with van der Waals surface area (Å²) in [6.07, 6.45) is 2.94. The first-order valence-corrected chi connectivity index (χ1v) is 10.9. The molecule has 3 aromatic rings. The maximum absolute atomic E-state index is 12.3. The highest BCUT2D eigenvalue weighted by molar-refractivity contribution is 5.82. The van der Waals surface area contributed by atoms with E-state index in [4.69, 9.17) is 9.15 Å². The van der Waals surface area contributed by atoms with Crippen LogP contribution in [0.1, 0.15) is 31.2 Å². The number of para-hydroxylation sites is 1. The van der Waals surface area contributed by atoms with Gasteiger partial charge in [0.1, 0.15) is 11.3 Å². The Morgan fingerprint density at radius 1 is 1.06 bits per heavy atom. The van der Waals surface area contributed by atoms with Crippen molar-refractivity contribution in [2.24, 2.45) is 0 Å². The van der Waals surface area contributed by atoms with Crippen LogP contribution in [0.2, 0.25) is 0 Å². The highest BCUT2D eigenvalue weighted by atomic mass is 16.5. The van der Waals surface area contributed by atoms with E-state index < -0.39 is 5.63 Å². The molecule has 0 saturated carbocycles. The molecule has 1 saturated heterocycles. The zero-order valence-electron chi connectivity index (χ0n) is 17.6. The molecule has 1 N–H and O–H groups in total. The van der Waals surface area contributed by atoms with Crippen molar-refractivity contribution in [3.8, 4) is 5.75 Å². The lowest BCUT2D eigenvalue weighted by molar-refractivity contribution is -0.122. The standard InChI is InChI=1S/C25H28N2O4/c28-24(26-20-12-14-27(15-13-20)18-19-7-2-1-3-8-19)11-6-16-30-23-17-25(29)31-22-10-5-4-9-21(22)23/h1-5,7-10,17,20H,6,11-16,18H2,(H,26,28). The maximum Gasteiger partial charge on any atom is 0.339 e. The molecule has 2 heterocycles. The largest absolute Gasteiger partial charge is 0.493 e. The van der Waals surface area contributed by atoms with Crippen LogP contribution in [0.5, 0.6) is 5.75 Å². The van der Waals surface area contributed by atoms with Gasteiger partial charge in [0.2, 0.25) is 5.91 Å². The molecular formula is C25H28N2O4. The van der Waals surface area contributed by atoms with E-state index in [0.29, 0.717) is 30.8 Å². The molecule has 162 valence electrons. The summed E-state index contributed by atoms with van der Waals surface area (Å²) in [4.78, 5) is 26.4. The number of hydrogen-bond donors (Lipinski definition) is 1. The third kappa shape index (κ3) is 5.95. The summed E-state index contributed by atoms with van der Waals surface area (Å²) in [7, 11) is 0. The summed E-state index contributed by atoms with van der Waals surface area (Å²) in [6.45, 7) is 3.32. The summed E-state index contributed by atoms with van der Waals surface area (Å²) in [5, 5.41) is 3.91. The van der Waals surface area contributed by atoms with Crippen LogP contribution in [0.25, 0.3) is 11.0 Å². The number of hydrogen-bond acceptors (Lipinski definition) is 5. The highest BCUT2D eigenvalue weighted by Gasteiger charge is 2.20. The Bertz CT molecular complexity index is 1060. The van der Waals surface area contributed by atoms with E-state index in [0.717, 1.165) is 37.9 Å². The molecule has 0 bridgehead atoms. The molecule has 1 aromatic heterocycles. The predicted octanol–water partition coefficient (Wildman–Crippen LogP) is 3.73. The van der Waals surface area contributed by atoms with Crippen molar-refractivity contribution in [1.82, 2.24) is 10.2 Å². The second-order valence-electron chi connectivity index (χ2n) is 7.98. The van der Waals surface area contributed by atoms with Crippen molar-refractivity contribution in [3.63, 3.8) is 0 Å². The first-order chi connectivity index (χ1) is 15.2. The fourth-order valence-electron chi connectivity index (χ4n) is 3.99. The number of benzene rings is 2. The zero-order chi connectivity index (χ0) is 21.5. The molecule has 1 aliphatic heterocycles. The van der Waals surface area contributed by atoms with E-state index >= 15 is 0 Å². The highest BCUT2D eigenvalue weighted by Crippen LogP contribution is 2.23. The van der Waals surface area contributed by atoms with E-state index in [2.05, 4.69) is 34.5 Å². The predicted molar refractivity (Wildman–Crippen MR) is 120 cm³/mol. The molecule has 1 aliphatic rings. The molecule has 0 radical (unpaired) electrons. The summed E-state index contributed by atoms with van der Waals surface area (Å²) in [5.74, 6) is 0.556. The minimum Gasteiger partial charge on any atom is -0.493 e. The van der Waals surface area contributed by atoms with Gasteiger partial charge < -0.3 is 14.5 Å². The third-order valence-electron chi connectivity index (χ3n) is 5.62. The Balaban J connectivity index is 1.17. The van der Waals surface area contributed by atoms with Crippen LogP contribution in [0.3, 0.4) is 0 Å². The molecule has 0 unspecified atom stereocenters. The molecule has 1 fully saturated rings. The van der Waals surface area contributed by atoms with Gasteiger partial charge in [-0.3, -0.25) is 9.69 Å². The quantitative estimate of drug-likeness (QED) is 0.444. The average molecular weight is 421 g/mol. The van der Waals surface area contributed by atoms with Gasteiger partial charge in [0.15, 0.2) is 0 Å². The van der Waals surface area contributed by atoms with Gasteiger partial charge in [-0.15, -0.1) is 0 Å². The van der Waals surface area contributed by atoms with Crippen LogP contribution in [0.4, 0.5) is 0 Å². The lowest BCUT2D eigenvalue weighted by Gasteiger charge is -2.32. The number of carbonyl (C=O) groups is 1. The van der Waals surface area contributed by atoms with Crippen LogP contribution in [0.15, 0.2) is 69.9 Å². The number of piperidine rings is 1. The summed E-state index contributed by atoms with van der Waals surface area (Å²) >= 11 is 0. The van der Waals surface area contributed by atoms with Gasteiger partial charge in [0.05, 0.1) is 18.1 Å². The van der Waals surface area contributed by atoms with E-state index in [1.165, 1.54) is 11.6 Å². The van der Waals surface area contributed by atoms with E-state index in [1.54, 1.807) is 6.07 Å². The van der Waals surface area contributed by atoms with Gasteiger partial charge in [0.25, 0.3) is 0 Å². The maximum atomic E-state index is 12.3. The second kappa shape index (κ2) is 10.3. The van der Waals surface area contributed by atoms with Gasteiger partial charge in [0, 0.05) is 32.1 Å². The number of rotatable bonds is 8. The van der Waals surface area contributed by atoms with Gasteiger partial charge in [-0.25, -0.2) is 4.79 Å². The van der Waals surface area contributed by atoms with Crippen LogP contribution < -0.4 is 15.7 Å². The minimum absolute atomic E-state index is 0.0579. The van der Waals surface area contributed by atoms with E-state index in [9.17, 15) is 9.59 Å². The normalized spacial score (nSPS) is 15.1. The van der Waals surface area contributed by atoms with Crippen LogP contribution in [-0.4, -0.2) is 36.5 Å². The number of nitrogens with one attached hydrogen (secondary N) is 1. The molecule has 1 amide bonds. The number of ether oxygens (including phenoxy) is 1. The van der Waals surface area contributed by atoms with Gasteiger partial charge in [-0.05, 0) is 37.0 Å². The zero-order valence-corrected chi connectivity index (χ0v) is 17.6. The van der Waals surface area contributed by atoms with Crippen LogP contribution in [0, 0.1) is 0 Å². The van der Waals surface area contributed by atoms with E-state index in [-0.39, 0.29) is 11.9 Å². The van der Waals surface area contributed by atoms with Crippen molar-refractivity contribution >= 4 is 16.9 Å². The number of amides is 1. The van der Waals surface area contributed by atoms with Crippen molar-refractivity contribution in [3.05, 3.63) is 76.6 Å². The van der Waals surface area contributed by atoms with Crippen molar-refractivity contribution in [1.29, 1.82) is 0 Å². The Labute approximate surface area is 181 Å². The van der Waals surface area contributed by atoms with Crippen molar-refractivity contribution in [2.45, 2.75) is 38.3 Å². The molecule has 0 spiro atoms. The summed E-state index contributed by atoms with van der Waals surface area (Å²) < 4.78 is 10.9. The number of likely N-dealkylation sites (tertiary alicyclic amines) is 1. The lowest BCUT2D eigenvalue weighted by Crippen LogP contribution is -2.44.